The van der Waals surface area contributed by atoms with E-state index in [0.717, 1.165) is 5.57 Å². The number of carbonyl (C=O) groups excluding carboxylic acids is 1. The van der Waals surface area contributed by atoms with E-state index in [9.17, 15) is 4.79 Å². The van der Waals surface area contributed by atoms with Crippen LogP contribution in [0, 0.1) is 11.8 Å². The van der Waals surface area contributed by atoms with Gasteiger partial charge in [-0.15, -0.1) is 0 Å². The topological polar surface area (TPSA) is 26.3 Å². The highest BCUT2D eigenvalue weighted by Gasteiger charge is 2.29. The molecular formula is C8H12O2. The molecule has 2 nitrogen and oxygen atoms in total. The smallest absolute Gasteiger partial charge is 0.333 e. The van der Waals surface area contributed by atoms with Gasteiger partial charge in [0.25, 0.3) is 0 Å². The first kappa shape index (κ1) is 7.32. The second-order valence-corrected chi connectivity index (χ2v) is 2.76. The molecule has 0 saturated heterocycles. The normalized spacial score (nSPS) is 30.5. The van der Waals surface area contributed by atoms with Crippen molar-refractivity contribution in [3.63, 3.8) is 0 Å². The number of allylic oxidation sites excluding steroid dienone is 1. The molecule has 0 bridgehead atoms. The Kier molecular flexibility index (Phi) is 1.79. The molecule has 0 aliphatic heterocycles. The van der Waals surface area contributed by atoms with Crippen LogP contribution in [0.1, 0.15) is 13.8 Å². The zero-order valence-electron chi connectivity index (χ0n) is 6.55. The van der Waals surface area contributed by atoms with E-state index in [1.54, 1.807) is 0 Å². The summed E-state index contributed by atoms with van der Waals surface area (Å²) >= 11 is 0. The van der Waals surface area contributed by atoms with E-state index in [1.165, 1.54) is 7.11 Å². The Morgan fingerprint density at radius 1 is 1.60 bits per heavy atom. The maximum absolute atomic E-state index is 10.9. The molecule has 0 saturated carbocycles. The van der Waals surface area contributed by atoms with Crippen LogP contribution in [0.3, 0.4) is 0 Å². The van der Waals surface area contributed by atoms with Crippen LogP contribution in [-0.4, -0.2) is 13.1 Å². The molecule has 0 fully saturated rings. The van der Waals surface area contributed by atoms with Crippen LogP contribution in [-0.2, 0) is 9.53 Å². The first-order chi connectivity index (χ1) is 4.66. The summed E-state index contributed by atoms with van der Waals surface area (Å²) in [6.07, 6.45) is 1.95. The molecule has 0 aromatic heterocycles. The quantitative estimate of drug-likeness (QED) is 0.514. The molecule has 0 aromatic rings. The molecule has 0 spiro atoms. The van der Waals surface area contributed by atoms with Gasteiger partial charge in [0, 0.05) is 5.57 Å². The SMILES string of the molecule is COC(=O)C1=C[C@@H](C)[C@H]1C. The van der Waals surface area contributed by atoms with Crippen LogP contribution in [0.2, 0.25) is 0 Å². The van der Waals surface area contributed by atoms with Gasteiger partial charge in [-0.2, -0.15) is 0 Å². The van der Waals surface area contributed by atoms with Crippen molar-refractivity contribution in [1.29, 1.82) is 0 Å². The van der Waals surface area contributed by atoms with Crippen molar-refractivity contribution in [1.82, 2.24) is 0 Å². The number of esters is 1. The molecule has 0 heterocycles. The molecule has 1 rings (SSSR count). The van der Waals surface area contributed by atoms with Crippen molar-refractivity contribution in [3.05, 3.63) is 11.6 Å². The van der Waals surface area contributed by atoms with Crippen molar-refractivity contribution in [2.75, 3.05) is 7.11 Å². The molecule has 2 atom stereocenters. The lowest BCUT2D eigenvalue weighted by Gasteiger charge is -2.28. The Morgan fingerprint density at radius 3 is 2.50 bits per heavy atom. The van der Waals surface area contributed by atoms with E-state index in [4.69, 9.17) is 0 Å². The van der Waals surface area contributed by atoms with Crippen LogP contribution < -0.4 is 0 Å². The van der Waals surface area contributed by atoms with E-state index in [2.05, 4.69) is 11.7 Å². The van der Waals surface area contributed by atoms with Crippen LogP contribution >= 0.6 is 0 Å². The zero-order chi connectivity index (χ0) is 7.72. The fraction of sp³-hybridized carbons (Fsp3) is 0.625. The van der Waals surface area contributed by atoms with Crippen LogP contribution in [0.5, 0.6) is 0 Å². The fourth-order valence-corrected chi connectivity index (χ4v) is 1.12. The van der Waals surface area contributed by atoms with Gasteiger partial charge in [-0.1, -0.05) is 19.9 Å². The molecule has 0 aromatic carbocycles. The summed E-state index contributed by atoms with van der Waals surface area (Å²) in [7, 11) is 1.42. The predicted octanol–water partition coefficient (Wildman–Crippen LogP) is 1.37. The minimum absolute atomic E-state index is 0.175. The average molecular weight is 140 g/mol. The number of methoxy groups -OCH3 is 1. The third-order valence-electron chi connectivity index (χ3n) is 2.14. The number of hydrogen-bond acceptors (Lipinski definition) is 2. The van der Waals surface area contributed by atoms with Crippen molar-refractivity contribution >= 4 is 5.97 Å². The number of rotatable bonds is 1. The summed E-state index contributed by atoms with van der Waals surface area (Å²) < 4.78 is 4.57. The minimum Gasteiger partial charge on any atom is -0.466 e. The molecule has 0 radical (unpaired) electrons. The Labute approximate surface area is 60.9 Å². The molecule has 1 aliphatic carbocycles. The van der Waals surface area contributed by atoms with Crippen LogP contribution in [0.25, 0.3) is 0 Å². The minimum atomic E-state index is -0.175. The molecule has 0 N–H and O–H groups in total. The van der Waals surface area contributed by atoms with Crippen LogP contribution in [0.15, 0.2) is 11.6 Å². The van der Waals surface area contributed by atoms with Gasteiger partial charge in [-0.25, -0.2) is 4.79 Å². The Bertz CT molecular complexity index is 182. The molecule has 1 aliphatic rings. The second-order valence-electron chi connectivity index (χ2n) is 2.76. The van der Waals surface area contributed by atoms with Crippen molar-refractivity contribution in [2.45, 2.75) is 13.8 Å². The Morgan fingerprint density at radius 2 is 2.20 bits per heavy atom. The highest BCUT2D eigenvalue weighted by Crippen LogP contribution is 2.32. The lowest BCUT2D eigenvalue weighted by atomic mass is 9.77. The summed E-state index contributed by atoms with van der Waals surface area (Å²) in [6.45, 7) is 4.13. The van der Waals surface area contributed by atoms with Crippen molar-refractivity contribution < 1.29 is 9.53 Å². The van der Waals surface area contributed by atoms with E-state index in [1.807, 2.05) is 13.0 Å². The highest BCUT2D eigenvalue weighted by molar-refractivity contribution is 5.90. The third-order valence-corrected chi connectivity index (χ3v) is 2.14. The van der Waals surface area contributed by atoms with Gasteiger partial charge in [0.1, 0.15) is 0 Å². The number of hydrogen-bond donors (Lipinski definition) is 0. The van der Waals surface area contributed by atoms with E-state index < -0.39 is 0 Å². The second kappa shape index (κ2) is 2.45. The predicted molar refractivity (Wildman–Crippen MR) is 38.4 cm³/mol. The summed E-state index contributed by atoms with van der Waals surface area (Å²) in [6, 6.07) is 0. The van der Waals surface area contributed by atoms with Gasteiger partial charge in [0.15, 0.2) is 0 Å². The summed E-state index contributed by atoms with van der Waals surface area (Å²) in [5, 5.41) is 0. The highest BCUT2D eigenvalue weighted by atomic mass is 16.5. The largest absolute Gasteiger partial charge is 0.466 e. The maximum atomic E-state index is 10.9. The Balaban J connectivity index is 2.61. The zero-order valence-corrected chi connectivity index (χ0v) is 6.55. The first-order valence-electron chi connectivity index (χ1n) is 3.47. The molecular weight excluding hydrogens is 128 g/mol. The fourth-order valence-electron chi connectivity index (χ4n) is 1.12. The summed E-state index contributed by atoms with van der Waals surface area (Å²) in [4.78, 5) is 10.9. The van der Waals surface area contributed by atoms with Gasteiger partial charge >= 0.3 is 5.97 Å². The van der Waals surface area contributed by atoms with Gasteiger partial charge in [0.2, 0.25) is 0 Å². The Hall–Kier alpha value is -0.790. The molecule has 0 amide bonds. The van der Waals surface area contributed by atoms with E-state index in [0.29, 0.717) is 11.8 Å². The van der Waals surface area contributed by atoms with Gasteiger partial charge in [-0.3, -0.25) is 0 Å². The first-order valence-corrected chi connectivity index (χ1v) is 3.47. The van der Waals surface area contributed by atoms with E-state index >= 15 is 0 Å². The lowest BCUT2D eigenvalue weighted by Crippen LogP contribution is -2.26. The number of carbonyl (C=O) groups is 1. The average Bonchev–Trinajstić information content (AvgIpc) is 1.98. The molecule has 2 heteroatoms. The van der Waals surface area contributed by atoms with Gasteiger partial charge < -0.3 is 4.74 Å². The van der Waals surface area contributed by atoms with Gasteiger partial charge in [-0.05, 0) is 11.8 Å². The number of ether oxygens (including phenoxy) is 1. The molecule has 0 unspecified atom stereocenters. The standard InChI is InChI=1S/C8H12O2/c1-5-4-7(6(5)2)8(9)10-3/h4-6H,1-3H3/t5-,6-/m1/s1. The summed E-state index contributed by atoms with van der Waals surface area (Å²) in [5.74, 6) is 0.743. The monoisotopic (exact) mass is 140 g/mol. The summed E-state index contributed by atoms with van der Waals surface area (Å²) in [5.41, 5.74) is 0.829. The maximum Gasteiger partial charge on any atom is 0.333 e. The van der Waals surface area contributed by atoms with Gasteiger partial charge in [0.05, 0.1) is 7.11 Å². The molecule has 56 valence electrons. The van der Waals surface area contributed by atoms with Crippen molar-refractivity contribution in [2.24, 2.45) is 11.8 Å². The molecule has 10 heavy (non-hydrogen) atoms. The lowest BCUT2D eigenvalue weighted by molar-refractivity contribution is -0.137. The van der Waals surface area contributed by atoms with Crippen LogP contribution in [0.4, 0.5) is 0 Å². The van der Waals surface area contributed by atoms with Crippen molar-refractivity contribution in [3.8, 4) is 0 Å². The third kappa shape index (κ3) is 0.939. The van der Waals surface area contributed by atoms with E-state index in [-0.39, 0.29) is 5.97 Å².